The van der Waals surface area contributed by atoms with E-state index in [1.165, 1.54) is 0 Å². The van der Waals surface area contributed by atoms with Crippen LogP contribution >= 0.6 is 0 Å². The van der Waals surface area contributed by atoms with Gasteiger partial charge < -0.3 is 16.2 Å². The van der Waals surface area contributed by atoms with Gasteiger partial charge in [-0.2, -0.15) is 0 Å². The summed E-state index contributed by atoms with van der Waals surface area (Å²) < 4.78 is 0. The second kappa shape index (κ2) is 5.04. The molecule has 5 nitrogen and oxygen atoms in total. The van der Waals surface area contributed by atoms with E-state index in [4.69, 9.17) is 10.8 Å². The van der Waals surface area contributed by atoms with Crippen molar-refractivity contribution in [3.63, 3.8) is 0 Å². The summed E-state index contributed by atoms with van der Waals surface area (Å²) in [5.74, 6) is 0.133. The smallest absolute Gasteiger partial charge is 0.303 e. The molecule has 96 valence electrons. The highest BCUT2D eigenvalue weighted by Gasteiger charge is 2.48. The number of rotatable bonds is 5. The molecule has 4 unspecified atom stereocenters. The van der Waals surface area contributed by atoms with Gasteiger partial charge in [-0.3, -0.25) is 9.59 Å². The molecule has 0 aromatic rings. The summed E-state index contributed by atoms with van der Waals surface area (Å²) in [5.41, 5.74) is 6.06. The Hall–Kier alpha value is -1.10. The van der Waals surface area contributed by atoms with Crippen LogP contribution in [-0.4, -0.2) is 29.6 Å². The van der Waals surface area contributed by atoms with Crippen molar-refractivity contribution in [2.75, 3.05) is 6.54 Å². The lowest BCUT2D eigenvalue weighted by Gasteiger charge is -2.26. The fourth-order valence-electron chi connectivity index (χ4n) is 3.29. The van der Waals surface area contributed by atoms with Crippen LogP contribution in [0.15, 0.2) is 0 Å². The summed E-state index contributed by atoms with van der Waals surface area (Å²) >= 11 is 0. The van der Waals surface area contributed by atoms with Crippen LogP contribution < -0.4 is 11.1 Å². The molecule has 17 heavy (non-hydrogen) atoms. The second-order valence-corrected chi connectivity index (χ2v) is 5.22. The standard InChI is InChI=1S/C12H20N2O3/c13-11-8-4-3-7(6-8)10(11)12(17)14-5-1-2-9(15)16/h7-8,10-11H,1-6,13H2,(H,14,17)(H,15,16). The van der Waals surface area contributed by atoms with Gasteiger partial charge in [0.05, 0.1) is 5.92 Å². The Morgan fingerprint density at radius 2 is 2.00 bits per heavy atom. The monoisotopic (exact) mass is 240 g/mol. The second-order valence-electron chi connectivity index (χ2n) is 5.22. The third-order valence-corrected chi connectivity index (χ3v) is 4.15. The summed E-state index contributed by atoms with van der Waals surface area (Å²) in [5, 5.41) is 11.3. The van der Waals surface area contributed by atoms with Crippen LogP contribution in [0.1, 0.15) is 32.1 Å². The lowest BCUT2D eigenvalue weighted by molar-refractivity contribution is -0.137. The van der Waals surface area contributed by atoms with Crippen LogP contribution in [0.3, 0.4) is 0 Å². The number of hydrogen-bond acceptors (Lipinski definition) is 3. The molecule has 0 aliphatic heterocycles. The molecule has 0 saturated heterocycles. The minimum Gasteiger partial charge on any atom is -0.481 e. The van der Waals surface area contributed by atoms with E-state index in [9.17, 15) is 9.59 Å². The molecule has 2 aliphatic rings. The van der Waals surface area contributed by atoms with Gasteiger partial charge in [-0.05, 0) is 37.5 Å². The highest BCUT2D eigenvalue weighted by atomic mass is 16.4. The van der Waals surface area contributed by atoms with E-state index in [-0.39, 0.29) is 24.3 Å². The molecular weight excluding hydrogens is 220 g/mol. The number of carboxylic acids is 1. The van der Waals surface area contributed by atoms with Crippen LogP contribution in [0.4, 0.5) is 0 Å². The summed E-state index contributed by atoms with van der Waals surface area (Å²) in [7, 11) is 0. The first-order valence-corrected chi connectivity index (χ1v) is 6.34. The Morgan fingerprint density at radius 1 is 1.29 bits per heavy atom. The van der Waals surface area contributed by atoms with Gasteiger partial charge in [-0.25, -0.2) is 0 Å². The number of carbonyl (C=O) groups excluding carboxylic acids is 1. The molecular formula is C12H20N2O3. The van der Waals surface area contributed by atoms with Gasteiger partial charge in [0.2, 0.25) is 5.91 Å². The molecule has 2 aliphatic carbocycles. The Kier molecular flexibility index (Phi) is 3.66. The van der Waals surface area contributed by atoms with Gasteiger partial charge >= 0.3 is 5.97 Å². The quantitative estimate of drug-likeness (QED) is 0.604. The van der Waals surface area contributed by atoms with E-state index in [1.54, 1.807) is 0 Å². The van der Waals surface area contributed by atoms with Crippen molar-refractivity contribution >= 4 is 11.9 Å². The lowest BCUT2D eigenvalue weighted by Crippen LogP contribution is -2.45. The molecule has 2 saturated carbocycles. The van der Waals surface area contributed by atoms with Gasteiger partial charge in [0.15, 0.2) is 0 Å². The van der Waals surface area contributed by atoms with Crippen LogP contribution in [0.5, 0.6) is 0 Å². The van der Waals surface area contributed by atoms with Gasteiger partial charge in [-0.1, -0.05) is 0 Å². The fourth-order valence-corrected chi connectivity index (χ4v) is 3.29. The largest absolute Gasteiger partial charge is 0.481 e. The Balaban J connectivity index is 1.75. The molecule has 0 aromatic carbocycles. The number of nitrogens with two attached hydrogens (primary N) is 1. The Morgan fingerprint density at radius 3 is 2.59 bits per heavy atom. The first kappa shape index (κ1) is 12.4. The third kappa shape index (κ3) is 2.60. The van der Waals surface area contributed by atoms with Crippen LogP contribution in [-0.2, 0) is 9.59 Å². The zero-order valence-electron chi connectivity index (χ0n) is 9.89. The predicted octanol–water partition coefficient (Wildman–Crippen LogP) is 0.341. The summed E-state index contributed by atoms with van der Waals surface area (Å²) in [6.45, 7) is 0.436. The van der Waals surface area contributed by atoms with Crippen LogP contribution in [0.25, 0.3) is 0 Å². The molecule has 2 rings (SSSR count). The molecule has 0 spiro atoms. The van der Waals surface area contributed by atoms with Gasteiger partial charge in [-0.15, -0.1) is 0 Å². The van der Waals surface area contributed by atoms with Crippen LogP contribution in [0, 0.1) is 17.8 Å². The molecule has 4 atom stereocenters. The fraction of sp³-hybridized carbons (Fsp3) is 0.833. The number of hydrogen-bond donors (Lipinski definition) is 3. The van der Waals surface area contributed by atoms with Crippen LogP contribution in [0.2, 0.25) is 0 Å². The zero-order valence-corrected chi connectivity index (χ0v) is 9.89. The third-order valence-electron chi connectivity index (χ3n) is 4.15. The minimum atomic E-state index is -0.823. The van der Waals surface area contributed by atoms with Gasteiger partial charge in [0, 0.05) is 19.0 Å². The van der Waals surface area contributed by atoms with Crippen molar-refractivity contribution in [2.45, 2.75) is 38.1 Å². The average molecular weight is 240 g/mol. The van der Waals surface area contributed by atoms with Gasteiger partial charge in [0.1, 0.15) is 0 Å². The summed E-state index contributed by atoms with van der Waals surface area (Å²) in [6, 6.07) is 0.00761. The predicted molar refractivity (Wildman–Crippen MR) is 62.2 cm³/mol. The molecule has 1 amide bonds. The van der Waals surface area contributed by atoms with Crippen molar-refractivity contribution < 1.29 is 14.7 Å². The van der Waals surface area contributed by atoms with Crippen molar-refractivity contribution in [1.82, 2.24) is 5.32 Å². The SMILES string of the molecule is NC1C2CCC(C2)C1C(=O)NCCCC(=O)O. The average Bonchev–Trinajstić information content (AvgIpc) is 2.84. The number of nitrogens with one attached hydrogen (secondary N) is 1. The lowest BCUT2D eigenvalue weighted by atomic mass is 9.84. The number of fused-ring (bicyclic) bond motifs is 2. The van der Waals surface area contributed by atoms with E-state index in [2.05, 4.69) is 5.32 Å². The maximum absolute atomic E-state index is 12.0. The molecule has 0 aromatic heterocycles. The van der Waals surface area contributed by atoms with E-state index in [1.807, 2.05) is 0 Å². The molecule has 0 radical (unpaired) electrons. The molecule has 0 heterocycles. The van der Waals surface area contributed by atoms with E-state index >= 15 is 0 Å². The first-order chi connectivity index (χ1) is 8.09. The topological polar surface area (TPSA) is 92.4 Å². The highest BCUT2D eigenvalue weighted by Crippen LogP contribution is 2.47. The highest BCUT2D eigenvalue weighted by molar-refractivity contribution is 5.80. The summed E-state index contributed by atoms with van der Waals surface area (Å²) in [4.78, 5) is 22.3. The Labute approximate surface area is 101 Å². The number of aliphatic carboxylic acids is 1. The molecule has 2 fully saturated rings. The van der Waals surface area contributed by atoms with E-state index in [0.29, 0.717) is 24.8 Å². The number of amides is 1. The molecule has 5 heteroatoms. The first-order valence-electron chi connectivity index (χ1n) is 6.34. The summed E-state index contributed by atoms with van der Waals surface area (Å²) in [6.07, 6.45) is 3.95. The maximum Gasteiger partial charge on any atom is 0.303 e. The molecule has 2 bridgehead atoms. The van der Waals surface area contributed by atoms with Crippen molar-refractivity contribution in [3.05, 3.63) is 0 Å². The molecule has 4 N–H and O–H groups in total. The van der Waals surface area contributed by atoms with E-state index in [0.717, 1.165) is 19.3 Å². The minimum absolute atomic E-state index is 0.00761. The maximum atomic E-state index is 12.0. The van der Waals surface area contributed by atoms with Crippen molar-refractivity contribution in [3.8, 4) is 0 Å². The van der Waals surface area contributed by atoms with Gasteiger partial charge in [0.25, 0.3) is 0 Å². The number of carboxylic acid groups (broad SMARTS) is 1. The van der Waals surface area contributed by atoms with Crippen molar-refractivity contribution in [1.29, 1.82) is 0 Å². The normalized spacial score (nSPS) is 34.9. The Bertz CT molecular complexity index is 317. The van der Waals surface area contributed by atoms with Crippen molar-refractivity contribution in [2.24, 2.45) is 23.5 Å². The number of carbonyl (C=O) groups is 2. The zero-order chi connectivity index (χ0) is 12.4. The van der Waals surface area contributed by atoms with E-state index < -0.39 is 5.97 Å².